The molecule has 2 N–H and O–H groups in total. The van der Waals surface area contributed by atoms with Gasteiger partial charge in [0.2, 0.25) is 0 Å². The van der Waals surface area contributed by atoms with Crippen LogP contribution in [0.25, 0.3) is 0 Å². The maximum Gasteiger partial charge on any atom is 0.191 e. The standard InChI is InChI=1S/C18H35N7.HI/c1-4-19-17(20-10-6-9-11-24-15-22-23-16-24)21-14-18(2,3)25-12-7-5-8-13-25;/h15-16H,4-14H2,1-3H3,(H2,19,20,21);1H. The number of rotatable bonds is 9. The van der Waals surface area contributed by atoms with Gasteiger partial charge < -0.3 is 15.2 Å². The smallest absolute Gasteiger partial charge is 0.191 e. The highest BCUT2D eigenvalue weighted by atomic mass is 127. The van der Waals surface area contributed by atoms with Gasteiger partial charge in [-0.05, 0) is 59.5 Å². The first-order chi connectivity index (χ1) is 12.1. The summed E-state index contributed by atoms with van der Waals surface area (Å²) in [5.74, 6) is 0.928. The van der Waals surface area contributed by atoms with E-state index in [9.17, 15) is 0 Å². The highest BCUT2D eigenvalue weighted by Gasteiger charge is 2.27. The average molecular weight is 477 g/mol. The summed E-state index contributed by atoms with van der Waals surface area (Å²) in [4.78, 5) is 7.42. The van der Waals surface area contributed by atoms with Gasteiger partial charge in [0, 0.05) is 25.2 Å². The Bertz CT molecular complexity index is 496. The molecule has 1 saturated heterocycles. The van der Waals surface area contributed by atoms with Crippen molar-refractivity contribution in [2.24, 2.45) is 4.99 Å². The minimum atomic E-state index is 0. The number of unbranched alkanes of at least 4 members (excludes halogenated alkanes) is 1. The third-order valence-electron chi connectivity index (χ3n) is 4.78. The summed E-state index contributed by atoms with van der Waals surface area (Å²) in [5, 5.41) is 14.5. The van der Waals surface area contributed by atoms with E-state index in [1.165, 1.54) is 32.4 Å². The third kappa shape index (κ3) is 8.20. The molecule has 7 nitrogen and oxygen atoms in total. The second-order valence-electron chi connectivity index (χ2n) is 7.39. The molecule has 1 aliphatic rings. The topological polar surface area (TPSA) is 70.4 Å². The van der Waals surface area contributed by atoms with Gasteiger partial charge in [0.1, 0.15) is 12.7 Å². The maximum absolute atomic E-state index is 4.84. The molecule has 1 aromatic heterocycles. The predicted octanol–water partition coefficient (Wildman–Crippen LogP) is 2.50. The Labute approximate surface area is 175 Å². The lowest BCUT2D eigenvalue weighted by molar-refractivity contribution is 0.102. The number of aryl methyl sites for hydroxylation is 1. The van der Waals surface area contributed by atoms with Gasteiger partial charge in [0.25, 0.3) is 0 Å². The fourth-order valence-electron chi connectivity index (χ4n) is 3.18. The van der Waals surface area contributed by atoms with E-state index in [1.807, 2.05) is 4.57 Å². The van der Waals surface area contributed by atoms with Gasteiger partial charge in [-0.2, -0.15) is 0 Å². The summed E-state index contributed by atoms with van der Waals surface area (Å²) in [5.41, 5.74) is 0.122. The van der Waals surface area contributed by atoms with Gasteiger partial charge in [-0.1, -0.05) is 6.42 Å². The first kappa shape index (κ1) is 23.1. The van der Waals surface area contributed by atoms with Crippen molar-refractivity contribution in [2.75, 3.05) is 32.7 Å². The van der Waals surface area contributed by atoms with Crippen LogP contribution < -0.4 is 10.6 Å². The molecule has 1 aromatic rings. The third-order valence-corrected chi connectivity index (χ3v) is 4.78. The molecule has 2 rings (SSSR count). The molecule has 8 heteroatoms. The monoisotopic (exact) mass is 477 g/mol. The summed E-state index contributed by atoms with van der Waals surface area (Å²) in [7, 11) is 0. The molecule has 0 amide bonds. The van der Waals surface area contributed by atoms with Crippen molar-refractivity contribution in [1.29, 1.82) is 0 Å². The molecule has 0 atom stereocenters. The first-order valence-electron chi connectivity index (χ1n) is 9.71. The Morgan fingerprint density at radius 1 is 1.08 bits per heavy atom. The Morgan fingerprint density at radius 3 is 2.42 bits per heavy atom. The van der Waals surface area contributed by atoms with Crippen molar-refractivity contribution in [3.05, 3.63) is 12.7 Å². The van der Waals surface area contributed by atoms with Crippen LogP contribution in [0.3, 0.4) is 0 Å². The zero-order valence-corrected chi connectivity index (χ0v) is 18.9. The summed E-state index contributed by atoms with van der Waals surface area (Å²) in [6.45, 7) is 12.7. The molecular weight excluding hydrogens is 441 g/mol. The second-order valence-corrected chi connectivity index (χ2v) is 7.39. The number of guanidine groups is 1. The quantitative estimate of drug-likeness (QED) is 0.248. The Balaban J connectivity index is 0.00000338. The summed E-state index contributed by atoms with van der Waals surface area (Å²) in [6.07, 6.45) is 9.73. The summed E-state index contributed by atoms with van der Waals surface area (Å²) < 4.78 is 2.01. The van der Waals surface area contributed by atoms with Gasteiger partial charge in [0.05, 0.1) is 6.54 Å². The fraction of sp³-hybridized carbons (Fsp3) is 0.833. The molecule has 0 aliphatic carbocycles. The lowest BCUT2D eigenvalue weighted by Crippen LogP contribution is -2.49. The van der Waals surface area contributed by atoms with Crippen LogP contribution in [0, 0.1) is 0 Å². The zero-order chi connectivity index (χ0) is 18.0. The minimum absolute atomic E-state index is 0. The lowest BCUT2D eigenvalue weighted by atomic mass is 9.99. The first-order valence-corrected chi connectivity index (χ1v) is 9.71. The zero-order valence-electron chi connectivity index (χ0n) is 16.6. The van der Waals surface area contributed by atoms with E-state index in [0.717, 1.165) is 45.0 Å². The largest absolute Gasteiger partial charge is 0.357 e. The SMILES string of the molecule is CCNC(=NCC(C)(C)N1CCCCC1)NCCCCn1cnnc1.I. The van der Waals surface area contributed by atoms with Crippen molar-refractivity contribution < 1.29 is 0 Å². The Hall–Kier alpha value is -0.900. The van der Waals surface area contributed by atoms with E-state index >= 15 is 0 Å². The molecule has 1 fully saturated rings. The molecule has 26 heavy (non-hydrogen) atoms. The van der Waals surface area contributed by atoms with Crippen molar-refractivity contribution >= 4 is 29.9 Å². The van der Waals surface area contributed by atoms with Crippen LogP contribution in [0.15, 0.2) is 17.6 Å². The predicted molar refractivity (Wildman–Crippen MR) is 118 cm³/mol. The van der Waals surface area contributed by atoms with Gasteiger partial charge in [0.15, 0.2) is 5.96 Å². The number of likely N-dealkylation sites (tertiary alicyclic amines) is 1. The molecule has 0 spiro atoms. The van der Waals surface area contributed by atoms with E-state index in [0.29, 0.717) is 0 Å². The number of hydrogen-bond donors (Lipinski definition) is 2. The highest BCUT2D eigenvalue weighted by Crippen LogP contribution is 2.20. The van der Waals surface area contributed by atoms with Crippen molar-refractivity contribution in [2.45, 2.75) is 65.0 Å². The number of hydrogen-bond acceptors (Lipinski definition) is 4. The second kappa shape index (κ2) is 12.5. The number of nitrogens with one attached hydrogen (secondary N) is 2. The lowest BCUT2D eigenvalue weighted by Gasteiger charge is -2.40. The number of piperidine rings is 1. The van der Waals surface area contributed by atoms with Crippen LogP contribution in [-0.2, 0) is 6.54 Å². The number of halogens is 1. The van der Waals surface area contributed by atoms with E-state index < -0.39 is 0 Å². The number of nitrogens with zero attached hydrogens (tertiary/aromatic N) is 5. The van der Waals surface area contributed by atoms with Gasteiger partial charge in [-0.3, -0.25) is 9.89 Å². The van der Waals surface area contributed by atoms with Crippen molar-refractivity contribution in [1.82, 2.24) is 30.3 Å². The van der Waals surface area contributed by atoms with Crippen molar-refractivity contribution in [3.8, 4) is 0 Å². The van der Waals surface area contributed by atoms with Crippen LogP contribution in [-0.4, -0.2) is 63.9 Å². The Morgan fingerprint density at radius 2 is 1.77 bits per heavy atom. The van der Waals surface area contributed by atoms with E-state index in [2.05, 4.69) is 46.5 Å². The molecule has 150 valence electrons. The summed E-state index contributed by atoms with van der Waals surface area (Å²) in [6, 6.07) is 0. The molecule has 0 saturated carbocycles. The van der Waals surface area contributed by atoms with E-state index in [4.69, 9.17) is 4.99 Å². The normalized spacial score (nSPS) is 16.2. The molecule has 0 radical (unpaired) electrons. The van der Waals surface area contributed by atoms with Crippen molar-refractivity contribution in [3.63, 3.8) is 0 Å². The molecule has 0 bridgehead atoms. The molecule has 0 aromatic carbocycles. The van der Waals surface area contributed by atoms with Gasteiger partial charge >= 0.3 is 0 Å². The Kier molecular flexibility index (Phi) is 11.1. The maximum atomic E-state index is 4.84. The average Bonchev–Trinajstić information content (AvgIpc) is 3.13. The van der Waals surface area contributed by atoms with Crippen LogP contribution in [0.4, 0.5) is 0 Å². The van der Waals surface area contributed by atoms with Crippen LogP contribution in [0.1, 0.15) is 52.9 Å². The minimum Gasteiger partial charge on any atom is -0.357 e. The summed E-state index contributed by atoms with van der Waals surface area (Å²) >= 11 is 0. The van der Waals surface area contributed by atoms with E-state index in [1.54, 1.807) is 12.7 Å². The van der Waals surface area contributed by atoms with Gasteiger partial charge in [-0.25, -0.2) is 0 Å². The number of aliphatic imine (C=N–C) groups is 1. The molecule has 2 heterocycles. The van der Waals surface area contributed by atoms with Crippen LogP contribution in [0.5, 0.6) is 0 Å². The highest BCUT2D eigenvalue weighted by molar-refractivity contribution is 14.0. The molecule has 0 unspecified atom stereocenters. The number of aromatic nitrogens is 3. The van der Waals surface area contributed by atoms with E-state index in [-0.39, 0.29) is 29.5 Å². The molecule has 1 aliphatic heterocycles. The molecular formula is C18H36IN7. The van der Waals surface area contributed by atoms with Crippen LogP contribution in [0.2, 0.25) is 0 Å². The van der Waals surface area contributed by atoms with Gasteiger partial charge in [-0.15, -0.1) is 34.2 Å². The van der Waals surface area contributed by atoms with Crippen LogP contribution >= 0.6 is 24.0 Å². The fourth-order valence-corrected chi connectivity index (χ4v) is 3.18.